The molecule has 6 aromatic rings. The monoisotopic (exact) mass is 512 g/mol. The normalized spacial score (nSPS) is 11.5. The van der Waals surface area contributed by atoms with Crippen LogP contribution in [-0.2, 0) is 0 Å². The smallest absolute Gasteiger partial charge is 0.163 e. The number of rotatable bonds is 4. The molecule has 0 amide bonds. The molecule has 5 heteroatoms. The van der Waals surface area contributed by atoms with Gasteiger partial charge in [0.05, 0.1) is 23.8 Å². The zero-order chi connectivity index (χ0) is 27.4. The topological polar surface area (TPSA) is 52.8 Å². The van der Waals surface area contributed by atoms with Gasteiger partial charge in [-0.15, -0.1) is 0 Å². The van der Waals surface area contributed by atoms with E-state index in [1.165, 1.54) is 44.2 Å². The van der Waals surface area contributed by atoms with Crippen molar-refractivity contribution in [1.82, 2.24) is 19.5 Å². The fourth-order valence-electron chi connectivity index (χ4n) is 5.87. The SMILES string of the molecule is COc1ccc2c(c1)c1ccccc1n2-c1c(C)cc(-c2ncnc(-c3c(C)c(C)cc(C)c3C)n2)cc1C. The number of aromatic nitrogens is 4. The molecule has 0 atom stereocenters. The van der Waals surface area contributed by atoms with Crippen LogP contribution in [0.3, 0.4) is 0 Å². The van der Waals surface area contributed by atoms with Crippen molar-refractivity contribution in [3.8, 4) is 34.2 Å². The van der Waals surface area contributed by atoms with Gasteiger partial charge < -0.3 is 9.30 Å². The van der Waals surface area contributed by atoms with E-state index in [0.29, 0.717) is 5.82 Å². The minimum absolute atomic E-state index is 0.683. The third kappa shape index (κ3) is 3.97. The third-order valence-corrected chi connectivity index (χ3v) is 8.01. The van der Waals surface area contributed by atoms with Crippen molar-refractivity contribution in [2.24, 2.45) is 0 Å². The maximum atomic E-state index is 5.54. The molecule has 2 heterocycles. The van der Waals surface area contributed by atoms with Gasteiger partial charge in [-0.1, -0.05) is 24.3 Å². The van der Waals surface area contributed by atoms with Crippen LogP contribution in [0.2, 0.25) is 0 Å². The van der Waals surface area contributed by atoms with Crippen molar-refractivity contribution in [3.05, 3.63) is 100 Å². The lowest BCUT2D eigenvalue weighted by Crippen LogP contribution is -2.03. The summed E-state index contributed by atoms with van der Waals surface area (Å²) >= 11 is 0. The summed E-state index contributed by atoms with van der Waals surface area (Å²) in [5, 5.41) is 2.38. The molecule has 2 aromatic heterocycles. The first-order valence-corrected chi connectivity index (χ1v) is 13.2. The van der Waals surface area contributed by atoms with Crippen LogP contribution in [0.5, 0.6) is 5.75 Å². The van der Waals surface area contributed by atoms with Crippen LogP contribution in [0.15, 0.2) is 67.0 Å². The number of nitrogens with zero attached hydrogens (tertiary/aromatic N) is 4. The molecule has 0 unspecified atom stereocenters. The molecular weight excluding hydrogens is 480 g/mol. The molecule has 0 saturated carbocycles. The number of para-hydroxylation sites is 1. The van der Waals surface area contributed by atoms with E-state index < -0.39 is 0 Å². The van der Waals surface area contributed by atoms with Crippen molar-refractivity contribution in [1.29, 1.82) is 0 Å². The van der Waals surface area contributed by atoms with Gasteiger partial charge in [0, 0.05) is 21.9 Å². The van der Waals surface area contributed by atoms with Gasteiger partial charge in [0.25, 0.3) is 0 Å². The summed E-state index contributed by atoms with van der Waals surface area (Å²) in [6, 6.07) is 21.4. The van der Waals surface area contributed by atoms with Crippen LogP contribution in [0.4, 0.5) is 0 Å². The van der Waals surface area contributed by atoms with E-state index in [9.17, 15) is 0 Å². The first kappa shape index (κ1) is 24.8. The highest BCUT2D eigenvalue weighted by molar-refractivity contribution is 6.10. The maximum Gasteiger partial charge on any atom is 0.163 e. The van der Waals surface area contributed by atoms with E-state index in [1.807, 2.05) is 6.07 Å². The molecule has 0 spiro atoms. The largest absolute Gasteiger partial charge is 0.497 e. The van der Waals surface area contributed by atoms with E-state index in [0.717, 1.165) is 39.3 Å². The fourth-order valence-corrected chi connectivity index (χ4v) is 5.87. The molecule has 4 aromatic carbocycles. The van der Waals surface area contributed by atoms with Crippen LogP contribution in [0.25, 0.3) is 50.3 Å². The van der Waals surface area contributed by atoms with E-state index in [2.05, 4.69) is 111 Å². The number of ether oxygens (including phenoxy) is 1. The summed E-state index contributed by atoms with van der Waals surface area (Å²) in [6.07, 6.45) is 1.63. The molecule has 0 aliphatic carbocycles. The molecule has 194 valence electrons. The molecule has 5 nitrogen and oxygen atoms in total. The van der Waals surface area contributed by atoms with Crippen LogP contribution >= 0.6 is 0 Å². The molecule has 6 rings (SSSR count). The van der Waals surface area contributed by atoms with E-state index in [4.69, 9.17) is 9.72 Å². The van der Waals surface area contributed by atoms with Gasteiger partial charge in [-0.25, -0.2) is 15.0 Å². The van der Waals surface area contributed by atoms with Crippen molar-refractivity contribution >= 4 is 21.8 Å². The van der Waals surface area contributed by atoms with Crippen molar-refractivity contribution in [2.45, 2.75) is 41.5 Å². The van der Waals surface area contributed by atoms with E-state index >= 15 is 0 Å². The lowest BCUT2D eigenvalue weighted by atomic mass is 9.94. The van der Waals surface area contributed by atoms with Gasteiger partial charge in [-0.3, -0.25) is 0 Å². The van der Waals surface area contributed by atoms with E-state index in [-0.39, 0.29) is 0 Å². The number of fused-ring (bicyclic) bond motifs is 3. The molecule has 0 N–H and O–H groups in total. The molecule has 39 heavy (non-hydrogen) atoms. The van der Waals surface area contributed by atoms with Gasteiger partial charge >= 0.3 is 0 Å². The lowest BCUT2D eigenvalue weighted by Gasteiger charge is -2.17. The van der Waals surface area contributed by atoms with Crippen molar-refractivity contribution < 1.29 is 4.74 Å². The summed E-state index contributed by atoms with van der Waals surface area (Å²) in [5.74, 6) is 2.26. The van der Waals surface area contributed by atoms with Gasteiger partial charge in [0.1, 0.15) is 12.1 Å². The minimum atomic E-state index is 0.683. The Morgan fingerprint density at radius 1 is 0.641 bits per heavy atom. The Labute approximate surface area is 229 Å². The van der Waals surface area contributed by atoms with Crippen LogP contribution in [0.1, 0.15) is 33.4 Å². The predicted molar refractivity (Wildman–Crippen MR) is 160 cm³/mol. The van der Waals surface area contributed by atoms with Crippen molar-refractivity contribution in [3.63, 3.8) is 0 Å². The number of hydrogen-bond acceptors (Lipinski definition) is 4. The average Bonchev–Trinajstić information content (AvgIpc) is 3.25. The zero-order valence-electron chi connectivity index (χ0n) is 23.5. The number of methoxy groups -OCH3 is 1. The maximum absolute atomic E-state index is 5.54. The third-order valence-electron chi connectivity index (χ3n) is 8.01. The molecule has 0 fully saturated rings. The Balaban J connectivity index is 1.52. The first-order valence-electron chi connectivity index (χ1n) is 13.2. The molecule has 0 saturated heterocycles. The van der Waals surface area contributed by atoms with Gasteiger partial charge in [-0.2, -0.15) is 0 Å². The predicted octanol–water partition coefficient (Wildman–Crippen LogP) is 8.16. The molecule has 0 radical (unpaired) electrons. The van der Waals surface area contributed by atoms with Gasteiger partial charge in [0.2, 0.25) is 0 Å². The second kappa shape index (κ2) is 9.35. The highest BCUT2D eigenvalue weighted by Crippen LogP contribution is 2.37. The molecular formula is C34H32N4O. The van der Waals surface area contributed by atoms with Gasteiger partial charge in [0.15, 0.2) is 11.6 Å². The van der Waals surface area contributed by atoms with E-state index in [1.54, 1.807) is 13.4 Å². The highest BCUT2D eigenvalue weighted by atomic mass is 16.5. The quantitative estimate of drug-likeness (QED) is 0.239. The second-order valence-corrected chi connectivity index (χ2v) is 10.5. The summed E-state index contributed by atoms with van der Waals surface area (Å²) in [5.41, 5.74) is 12.8. The van der Waals surface area contributed by atoms with Crippen molar-refractivity contribution in [2.75, 3.05) is 7.11 Å². The number of hydrogen-bond donors (Lipinski definition) is 0. The minimum Gasteiger partial charge on any atom is -0.497 e. The summed E-state index contributed by atoms with van der Waals surface area (Å²) in [7, 11) is 1.71. The lowest BCUT2D eigenvalue weighted by molar-refractivity contribution is 0.415. The fraction of sp³-hybridized carbons (Fsp3) is 0.206. The molecule has 0 aliphatic heterocycles. The first-order chi connectivity index (χ1) is 18.8. The summed E-state index contributed by atoms with van der Waals surface area (Å²) in [6.45, 7) is 12.9. The average molecular weight is 513 g/mol. The Hall–Kier alpha value is -4.51. The second-order valence-electron chi connectivity index (χ2n) is 10.5. The molecule has 0 bridgehead atoms. The number of aryl methyl sites for hydroxylation is 4. The van der Waals surface area contributed by atoms with Crippen LogP contribution in [0, 0.1) is 41.5 Å². The Kier molecular flexibility index (Phi) is 5.95. The van der Waals surface area contributed by atoms with Crippen LogP contribution < -0.4 is 4.74 Å². The Morgan fingerprint density at radius 2 is 1.28 bits per heavy atom. The van der Waals surface area contributed by atoms with Gasteiger partial charge in [-0.05, 0) is 111 Å². The molecule has 0 aliphatic rings. The standard InChI is InChI=1S/C34H32N4O/c1-19-14-20(2)24(6)31(23(19)5)34-36-18-35-33(37-34)25-15-21(3)32(22(4)16-25)38-29-11-9-8-10-27(29)28-17-26(39-7)12-13-30(28)38/h8-18H,1-7H3. The summed E-state index contributed by atoms with van der Waals surface area (Å²) in [4.78, 5) is 14.1. The summed E-state index contributed by atoms with van der Waals surface area (Å²) < 4.78 is 7.90. The Bertz CT molecular complexity index is 1870. The zero-order valence-corrected chi connectivity index (χ0v) is 23.5. The highest BCUT2D eigenvalue weighted by Gasteiger charge is 2.19. The number of benzene rings is 4. The van der Waals surface area contributed by atoms with Crippen LogP contribution in [-0.4, -0.2) is 26.6 Å². The Morgan fingerprint density at radius 3 is 1.97 bits per heavy atom.